The maximum atomic E-state index is 13.0. The van der Waals surface area contributed by atoms with Crippen LogP contribution in [0.2, 0.25) is 0 Å². The van der Waals surface area contributed by atoms with E-state index in [0.717, 1.165) is 18.7 Å². The Bertz CT molecular complexity index is 807. The molecular weight excluding hydrogens is 386 g/mol. The summed E-state index contributed by atoms with van der Waals surface area (Å²) in [5.41, 5.74) is 0.860. The van der Waals surface area contributed by atoms with Gasteiger partial charge in [0.15, 0.2) is 0 Å². The van der Waals surface area contributed by atoms with E-state index in [2.05, 4.69) is 18.7 Å². The van der Waals surface area contributed by atoms with Crippen LogP contribution in [-0.2, 0) is 14.8 Å². The standard InChI is InChI=1S/C22H33N3O3S/c1-18-15-19(2)17-24(16-18)22(26)20(3)23-10-12-25(13-11-23)29(27,28)14-9-21-7-5-4-6-8-21/h4-9,14,18-20H,10-13,15-17H2,1-3H3/b14-9+. The summed E-state index contributed by atoms with van der Waals surface area (Å²) < 4.78 is 26.8. The van der Waals surface area contributed by atoms with Crippen LogP contribution in [0.15, 0.2) is 35.7 Å². The van der Waals surface area contributed by atoms with Crippen molar-refractivity contribution in [3.63, 3.8) is 0 Å². The zero-order valence-corrected chi connectivity index (χ0v) is 18.5. The summed E-state index contributed by atoms with van der Waals surface area (Å²) in [5.74, 6) is 1.24. The summed E-state index contributed by atoms with van der Waals surface area (Å²) in [4.78, 5) is 17.1. The summed E-state index contributed by atoms with van der Waals surface area (Å²) in [6.45, 7) is 9.97. The van der Waals surface area contributed by atoms with Crippen LogP contribution in [0.4, 0.5) is 0 Å². The van der Waals surface area contributed by atoms with Gasteiger partial charge < -0.3 is 4.90 Å². The smallest absolute Gasteiger partial charge is 0.239 e. The van der Waals surface area contributed by atoms with E-state index in [1.54, 1.807) is 6.08 Å². The number of benzene rings is 1. The number of hydrogen-bond donors (Lipinski definition) is 0. The molecule has 2 heterocycles. The van der Waals surface area contributed by atoms with Crippen molar-refractivity contribution in [2.75, 3.05) is 39.3 Å². The van der Waals surface area contributed by atoms with Crippen molar-refractivity contribution in [3.8, 4) is 0 Å². The number of carbonyl (C=O) groups is 1. The molecule has 1 amide bonds. The fourth-order valence-electron chi connectivity index (χ4n) is 4.42. The van der Waals surface area contributed by atoms with Crippen LogP contribution in [-0.4, -0.2) is 73.7 Å². The monoisotopic (exact) mass is 419 g/mol. The molecule has 160 valence electrons. The number of amides is 1. The Kier molecular flexibility index (Phi) is 7.14. The van der Waals surface area contributed by atoms with Crippen molar-refractivity contribution in [2.24, 2.45) is 11.8 Å². The van der Waals surface area contributed by atoms with Crippen molar-refractivity contribution in [3.05, 3.63) is 41.3 Å². The third-order valence-corrected chi connectivity index (χ3v) is 7.52. The van der Waals surface area contributed by atoms with E-state index < -0.39 is 10.0 Å². The quantitative estimate of drug-likeness (QED) is 0.736. The van der Waals surface area contributed by atoms with E-state index in [0.29, 0.717) is 38.0 Å². The molecule has 7 heteroatoms. The minimum absolute atomic E-state index is 0.170. The first kappa shape index (κ1) is 22.0. The van der Waals surface area contributed by atoms with E-state index in [1.165, 1.54) is 16.1 Å². The molecule has 3 rings (SSSR count). The molecule has 2 aliphatic heterocycles. The van der Waals surface area contributed by atoms with Crippen LogP contribution in [0.3, 0.4) is 0 Å². The average molecular weight is 420 g/mol. The van der Waals surface area contributed by atoms with E-state index in [9.17, 15) is 13.2 Å². The molecule has 3 unspecified atom stereocenters. The molecule has 0 N–H and O–H groups in total. The minimum atomic E-state index is -3.46. The van der Waals surface area contributed by atoms with Gasteiger partial charge in [0.2, 0.25) is 15.9 Å². The molecule has 29 heavy (non-hydrogen) atoms. The first-order valence-corrected chi connectivity index (χ1v) is 12.0. The van der Waals surface area contributed by atoms with E-state index in [-0.39, 0.29) is 11.9 Å². The molecule has 0 aliphatic carbocycles. The molecular formula is C22H33N3O3S. The third-order valence-electron chi connectivity index (χ3n) is 5.95. The van der Waals surface area contributed by atoms with Gasteiger partial charge in [0.1, 0.15) is 0 Å². The Morgan fingerprint density at radius 1 is 1.03 bits per heavy atom. The number of rotatable bonds is 5. The Morgan fingerprint density at radius 2 is 1.62 bits per heavy atom. The number of piperidine rings is 1. The Morgan fingerprint density at radius 3 is 2.21 bits per heavy atom. The topological polar surface area (TPSA) is 60.9 Å². The van der Waals surface area contributed by atoms with Crippen LogP contribution in [0.5, 0.6) is 0 Å². The summed E-state index contributed by atoms with van der Waals surface area (Å²) in [5, 5.41) is 1.28. The van der Waals surface area contributed by atoms with Crippen molar-refractivity contribution < 1.29 is 13.2 Å². The predicted octanol–water partition coefficient (Wildman–Crippen LogP) is 2.50. The van der Waals surface area contributed by atoms with Gasteiger partial charge in [0.05, 0.1) is 6.04 Å². The largest absolute Gasteiger partial charge is 0.341 e. The second-order valence-corrected chi connectivity index (χ2v) is 10.4. The Labute approximate surface area is 175 Å². The molecule has 0 aromatic heterocycles. The zero-order chi connectivity index (χ0) is 21.0. The number of likely N-dealkylation sites (tertiary alicyclic amines) is 1. The number of nitrogens with zero attached hydrogens (tertiary/aromatic N) is 3. The van der Waals surface area contributed by atoms with Gasteiger partial charge in [0.25, 0.3) is 0 Å². The molecule has 2 aliphatic rings. The van der Waals surface area contributed by atoms with Crippen molar-refractivity contribution >= 4 is 22.0 Å². The molecule has 1 aromatic carbocycles. The lowest BCUT2D eigenvalue weighted by Gasteiger charge is -2.41. The lowest BCUT2D eigenvalue weighted by Crippen LogP contribution is -2.56. The maximum Gasteiger partial charge on any atom is 0.239 e. The number of piperazine rings is 1. The highest BCUT2D eigenvalue weighted by Crippen LogP contribution is 2.22. The van der Waals surface area contributed by atoms with Crippen LogP contribution >= 0.6 is 0 Å². The van der Waals surface area contributed by atoms with E-state index >= 15 is 0 Å². The molecule has 3 atom stereocenters. The Balaban J connectivity index is 1.55. The van der Waals surface area contributed by atoms with E-state index in [4.69, 9.17) is 0 Å². The molecule has 2 fully saturated rings. The van der Waals surface area contributed by atoms with Crippen LogP contribution < -0.4 is 0 Å². The SMILES string of the molecule is CC1CC(C)CN(C(=O)C(C)N2CCN(S(=O)(=O)/C=C/c3ccccc3)CC2)C1. The van der Waals surface area contributed by atoms with Gasteiger partial charge in [0, 0.05) is 44.7 Å². The molecule has 0 bridgehead atoms. The number of carbonyl (C=O) groups excluding carboxylic acids is 1. The van der Waals surface area contributed by atoms with Crippen molar-refractivity contribution in [1.82, 2.24) is 14.1 Å². The highest BCUT2D eigenvalue weighted by Gasteiger charge is 2.33. The van der Waals surface area contributed by atoms with Gasteiger partial charge in [-0.1, -0.05) is 44.2 Å². The molecule has 0 saturated carbocycles. The maximum absolute atomic E-state index is 13.0. The fraction of sp³-hybridized carbons (Fsp3) is 0.591. The highest BCUT2D eigenvalue weighted by molar-refractivity contribution is 7.92. The summed E-state index contributed by atoms with van der Waals surface area (Å²) in [6, 6.07) is 9.20. The van der Waals surface area contributed by atoms with Gasteiger partial charge >= 0.3 is 0 Å². The van der Waals surface area contributed by atoms with Gasteiger partial charge in [-0.3, -0.25) is 9.69 Å². The van der Waals surface area contributed by atoms with E-state index in [1.807, 2.05) is 42.2 Å². The second-order valence-electron chi connectivity index (χ2n) is 8.56. The summed E-state index contributed by atoms with van der Waals surface area (Å²) in [7, 11) is -3.46. The van der Waals surface area contributed by atoms with Crippen LogP contribution in [0, 0.1) is 11.8 Å². The van der Waals surface area contributed by atoms with Crippen molar-refractivity contribution in [2.45, 2.75) is 33.2 Å². The lowest BCUT2D eigenvalue weighted by atomic mass is 9.91. The predicted molar refractivity (Wildman–Crippen MR) is 117 cm³/mol. The molecule has 2 saturated heterocycles. The third kappa shape index (κ3) is 5.68. The average Bonchev–Trinajstić information content (AvgIpc) is 2.71. The molecule has 0 spiro atoms. The second kappa shape index (κ2) is 9.41. The summed E-state index contributed by atoms with van der Waals surface area (Å²) in [6.07, 6.45) is 2.80. The summed E-state index contributed by atoms with van der Waals surface area (Å²) >= 11 is 0. The van der Waals surface area contributed by atoms with Crippen LogP contribution in [0.1, 0.15) is 32.8 Å². The fourth-order valence-corrected chi connectivity index (χ4v) is 5.60. The first-order valence-electron chi connectivity index (χ1n) is 10.5. The molecule has 6 nitrogen and oxygen atoms in total. The number of hydrogen-bond acceptors (Lipinski definition) is 4. The first-order chi connectivity index (χ1) is 13.8. The highest BCUT2D eigenvalue weighted by atomic mass is 32.2. The Hall–Kier alpha value is -1.70. The van der Waals surface area contributed by atoms with Crippen molar-refractivity contribution in [1.29, 1.82) is 0 Å². The zero-order valence-electron chi connectivity index (χ0n) is 17.7. The molecule has 0 radical (unpaired) electrons. The van der Waals surface area contributed by atoms with Gasteiger partial charge in [-0.05, 0) is 36.8 Å². The van der Waals surface area contributed by atoms with Crippen LogP contribution in [0.25, 0.3) is 6.08 Å². The van der Waals surface area contributed by atoms with Gasteiger partial charge in [-0.25, -0.2) is 8.42 Å². The van der Waals surface area contributed by atoms with Gasteiger partial charge in [-0.2, -0.15) is 4.31 Å². The normalized spacial score (nSPS) is 26.0. The number of sulfonamides is 1. The minimum Gasteiger partial charge on any atom is -0.341 e. The van der Waals surface area contributed by atoms with Gasteiger partial charge in [-0.15, -0.1) is 0 Å². The lowest BCUT2D eigenvalue weighted by molar-refractivity contribution is -0.139. The molecule has 1 aromatic rings.